The minimum Gasteiger partial charge on any atom is -0.327 e. The summed E-state index contributed by atoms with van der Waals surface area (Å²) in [6.45, 7) is 2.10. The van der Waals surface area contributed by atoms with E-state index < -0.39 is 0 Å². The van der Waals surface area contributed by atoms with Gasteiger partial charge in [0.1, 0.15) is 0 Å². The van der Waals surface area contributed by atoms with Gasteiger partial charge in [-0.15, -0.1) is 0 Å². The Hall–Kier alpha value is -1.12. The topological polar surface area (TPSA) is 26.0 Å². The van der Waals surface area contributed by atoms with Crippen molar-refractivity contribution in [1.29, 1.82) is 0 Å². The molecule has 0 saturated heterocycles. The van der Waals surface area contributed by atoms with E-state index in [0.29, 0.717) is 0 Å². The van der Waals surface area contributed by atoms with Crippen LogP contribution in [0.5, 0.6) is 0 Å². The molecule has 1 nitrogen and oxygen atoms in total. The van der Waals surface area contributed by atoms with Crippen molar-refractivity contribution in [3.63, 3.8) is 0 Å². The van der Waals surface area contributed by atoms with Crippen LogP contribution in [0.2, 0.25) is 0 Å². The van der Waals surface area contributed by atoms with E-state index in [0.717, 1.165) is 17.3 Å². The molecule has 0 radical (unpaired) electrons. The van der Waals surface area contributed by atoms with Crippen LogP contribution < -0.4 is 5.73 Å². The summed E-state index contributed by atoms with van der Waals surface area (Å²) in [5.41, 5.74) is 10.1. The molecule has 2 aromatic carbocycles. The van der Waals surface area contributed by atoms with Crippen LogP contribution in [0.3, 0.4) is 0 Å². The van der Waals surface area contributed by atoms with Crippen molar-refractivity contribution < 1.29 is 0 Å². The Balaban J connectivity index is 1.99. The average molecular weight is 304 g/mol. The molecule has 2 heteroatoms. The zero-order chi connectivity index (χ0) is 13.0. The van der Waals surface area contributed by atoms with Crippen LogP contribution in [0.1, 0.15) is 16.7 Å². The summed E-state index contributed by atoms with van der Waals surface area (Å²) < 4.78 is 1.14. The number of halogens is 1. The third-order valence-corrected chi connectivity index (χ3v) is 3.83. The van der Waals surface area contributed by atoms with E-state index in [1.54, 1.807) is 0 Å². The molecule has 1 atom stereocenters. The SMILES string of the molecule is Cc1ccc(CC(N)Cc2ccccc2Br)cc1. The highest BCUT2D eigenvalue weighted by atomic mass is 79.9. The quantitative estimate of drug-likeness (QED) is 0.911. The zero-order valence-corrected chi connectivity index (χ0v) is 12.2. The smallest absolute Gasteiger partial charge is 0.0207 e. The lowest BCUT2D eigenvalue weighted by Gasteiger charge is -2.13. The number of hydrogen-bond donors (Lipinski definition) is 1. The Labute approximate surface area is 117 Å². The molecule has 0 aliphatic heterocycles. The molecule has 0 aromatic heterocycles. The third kappa shape index (κ3) is 3.69. The van der Waals surface area contributed by atoms with Gasteiger partial charge in [0.05, 0.1) is 0 Å². The second-order valence-corrected chi connectivity index (χ2v) is 5.60. The average Bonchev–Trinajstić information content (AvgIpc) is 2.35. The van der Waals surface area contributed by atoms with Crippen LogP contribution in [0.15, 0.2) is 53.0 Å². The fourth-order valence-corrected chi connectivity index (χ4v) is 2.49. The molecule has 94 valence electrons. The summed E-state index contributed by atoms with van der Waals surface area (Å²) >= 11 is 3.56. The van der Waals surface area contributed by atoms with E-state index in [4.69, 9.17) is 5.73 Å². The van der Waals surface area contributed by atoms with Crippen LogP contribution in [-0.2, 0) is 12.8 Å². The lowest BCUT2D eigenvalue weighted by molar-refractivity contribution is 0.663. The molecule has 0 fully saturated rings. The van der Waals surface area contributed by atoms with Crippen molar-refractivity contribution in [3.05, 3.63) is 69.7 Å². The Morgan fingerprint density at radius 2 is 1.67 bits per heavy atom. The Kier molecular flexibility index (Phi) is 4.56. The van der Waals surface area contributed by atoms with Gasteiger partial charge in [0, 0.05) is 10.5 Å². The molecule has 0 aliphatic rings. The summed E-state index contributed by atoms with van der Waals surface area (Å²) in [5.74, 6) is 0. The molecule has 18 heavy (non-hydrogen) atoms. The number of nitrogens with two attached hydrogens (primary N) is 1. The van der Waals surface area contributed by atoms with Crippen LogP contribution >= 0.6 is 15.9 Å². The maximum Gasteiger partial charge on any atom is 0.0207 e. The molecule has 1 unspecified atom stereocenters. The first-order valence-electron chi connectivity index (χ1n) is 6.19. The molecule has 0 aliphatic carbocycles. The Morgan fingerprint density at radius 3 is 2.33 bits per heavy atom. The number of rotatable bonds is 4. The standard InChI is InChI=1S/C16H18BrN/c1-12-6-8-13(9-7-12)10-15(18)11-14-4-2-3-5-16(14)17/h2-9,15H,10-11,18H2,1H3. The van der Waals surface area contributed by atoms with Crippen molar-refractivity contribution >= 4 is 15.9 Å². The fourth-order valence-electron chi connectivity index (χ4n) is 2.05. The first-order chi connectivity index (χ1) is 8.65. The van der Waals surface area contributed by atoms with Gasteiger partial charge in [0.2, 0.25) is 0 Å². The summed E-state index contributed by atoms with van der Waals surface area (Å²) in [6.07, 6.45) is 1.82. The number of benzene rings is 2. The third-order valence-electron chi connectivity index (χ3n) is 3.06. The van der Waals surface area contributed by atoms with Crippen LogP contribution in [-0.4, -0.2) is 6.04 Å². The lowest BCUT2D eigenvalue weighted by Crippen LogP contribution is -2.25. The summed E-state index contributed by atoms with van der Waals surface area (Å²) in [4.78, 5) is 0. The molecule has 0 heterocycles. The highest BCUT2D eigenvalue weighted by Crippen LogP contribution is 2.18. The molecule has 0 spiro atoms. The maximum atomic E-state index is 6.22. The predicted molar refractivity (Wildman–Crippen MR) is 80.7 cm³/mol. The molecular weight excluding hydrogens is 286 g/mol. The minimum absolute atomic E-state index is 0.159. The van der Waals surface area contributed by atoms with Gasteiger partial charge < -0.3 is 5.73 Å². The summed E-state index contributed by atoms with van der Waals surface area (Å²) in [7, 11) is 0. The summed E-state index contributed by atoms with van der Waals surface area (Å²) in [5, 5.41) is 0. The molecule has 0 bridgehead atoms. The van der Waals surface area contributed by atoms with E-state index in [-0.39, 0.29) is 6.04 Å². The van der Waals surface area contributed by atoms with Crippen LogP contribution in [0, 0.1) is 6.92 Å². The molecule has 0 amide bonds. The lowest BCUT2D eigenvalue weighted by atomic mass is 9.99. The van der Waals surface area contributed by atoms with Gasteiger partial charge in [-0.25, -0.2) is 0 Å². The van der Waals surface area contributed by atoms with Gasteiger partial charge in [0.25, 0.3) is 0 Å². The maximum absolute atomic E-state index is 6.22. The van der Waals surface area contributed by atoms with E-state index in [1.165, 1.54) is 16.7 Å². The van der Waals surface area contributed by atoms with E-state index in [2.05, 4.69) is 65.3 Å². The van der Waals surface area contributed by atoms with E-state index in [9.17, 15) is 0 Å². The second-order valence-electron chi connectivity index (χ2n) is 4.75. The van der Waals surface area contributed by atoms with Crippen molar-refractivity contribution in [2.75, 3.05) is 0 Å². The van der Waals surface area contributed by atoms with Crippen LogP contribution in [0.25, 0.3) is 0 Å². The number of hydrogen-bond acceptors (Lipinski definition) is 1. The highest BCUT2D eigenvalue weighted by molar-refractivity contribution is 9.10. The van der Waals surface area contributed by atoms with Gasteiger partial charge in [-0.2, -0.15) is 0 Å². The minimum atomic E-state index is 0.159. The predicted octanol–water partition coefficient (Wildman–Crippen LogP) is 3.87. The monoisotopic (exact) mass is 303 g/mol. The van der Waals surface area contributed by atoms with Crippen molar-refractivity contribution in [2.45, 2.75) is 25.8 Å². The van der Waals surface area contributed by atoms with Crippen molar-refractivity contribution in [1.82, 2.24) is 0 Å². The van der Waals surface area contributed by atoms with Crippen molar-refractivity contribution in [3.8, 4) is 0 Å². The molecule has 2 N–H and O–H groups in total. The molecule has 0 saturated carbocycles. The number of aryl methyl sites for hydroxylation is 1. The second kappa shape index (κ2) is 6.17. The van der Waals surface area contributed by atoms with Crippen LogP contribution in [0.4, 0.5) is 0 Å². The largest absolute Gasteiger partial charge is 0.327 e. The molecule has 2 rings (SSSR count). The highest BCUT2D eigenvalue weighted by Gasteiger charge is 2.07. The normalized spacial score (nSPS) is 12.4. The molecule has 2 aromatic rings. The Morgan fingerprint density at radius 1 is 1.00 bits per heavy atom. The first kappa shape index (κ1) is 13.3. The van der Waals surface area contributed by atoms with E-state index >= 15 is 0 Å². The fraction of sp³-hybridized carbons (Fsp3) is 0.250. The summed E-state index contributed by atoms with van der Waals surface area (Å²) in [6, 6.07) is 17.0. The molecular formula is C16H18BrN. The van der Waals surface area contributed by atoms with Gasteiger partial charge in [-0.3, -0.25) is 0 Å². The first-order valence-corrected chi connectivity index (χ1v) is 6.99. The Bertz CT molecular complexity index is 505. The van der Waals surface area contributed by atoms with Gasteiger partial charge >= 0.3 is 0 Å². The van der Waals surface area contributed by atoms with Gasteiger partial charge in [-0.05, 0) is 37.0 Å². The van der Waals surface area contributed by atoms with Gasteiger partial charge in [0.15, 0.2) is 0 Å². The van der Waals surface area contributed by atoms with Crippen molar-refractivity contribution in [2.24, 2.45) is 5.73 Å². The van der Waals surface area contributed by atoms with E-state index in [1.807, 2.05) is 6.07 Å². The zero-order valence-electron chi connectivity index (χ0n) is 10.6. The van der Waals surface area contributed by atoms with Gasteiger partial charge in [-0.1, -0.05) is 64.0 Å².